The Morgan fingerprint density at radius 3 is 2.56 bits per heavy atom. The lowest BCUT2D eigenvalue weighted by atomic mass is 10.1. The summed E-state index contributed by atoms with van der Waals surface area (Å²) in [5.74, 6) is -0.102. The van der Waals surface area contributed by atoms with Crippen molar-refractivity contribution in [2.24, 2.45) is 0 Å². The van der Waals surface area contributed by atoms with E-state index in [0.29, 0.717) is 35.9 Å². The highest BCUT2D eigenvalue weighted by atomic mass is 16.2. The van der Waals surface area contributed by atoms with Crippen LogP contribution >= 0.6 is 0 Å². The molecule has 0 saturated heterocycles. The molecule has 1 aliphatic carbocycles. The lowest BCUT2D eigenvalue weighted by Crippen LogP contribution is -2.38. The van der Waals surface area contributed by atoms with Crippen molar-refractivity contribution in [3.05, 3.63) is 53.9 Å². The summed E-state index contributed by atoms with van der Waals surface area (Å²) in [6, 6.07) is 11.0. The highest BCUT2D eigenvalue weighted by Gasteiger charge is 2.26. The Morgan fingerprint density at radius 2 is 1.93 bits per heavy atom. The van der Waals surface area contributed by atoms with Crippen LogP contribution in [-0.4, -0.2) is 27.7 Å². The summed E-state index contributed by atoms with van der Waals surface area (Å²) in [6.07, 6.45) is 6.51. The lowest BCUT2D eigenvalue weighted by molar-refractivity contribution is -0.133. The van der Waals surface area contributed by atoms with Crippen LogP contribution in [0.15, 0.2) is 42.6 Å². The number of hydrogen-bond donors (Lipinski definition) is 2. The number of anilines is 2. The molecule has 0 spiro atoms. The first kappa shape index (κ1) is 18.9. The van der Waals surface area contributed by atoms with Crippen LogP contribution in [0, 0.1) is 0 Å². The minimum absolute atomic E-state index is 0.157. The van der Waals surface area contributed by atoms with Crippen LogP contribution in [-0.2, 0) is 11.3 Å². The number of pyridine rings is 1. The lowest BCUT2D eigenvalue weighted by Gasteiger charge is -2.28. The Hall–Kier alpha value is -2.89. The molecule has 0 atom stereocenters. The monoisotopic (exact) mass is 366 g/mol. The second-order valence-electron chi connectivity index (χ2n) is 6.89. The molecule has 0 bridgehead atoms. The van der Waals surface area contributed by atoms with E-state index in [1.807, 2.05) is 30.0 Å². The van der Waals surface area contributed by atoms with Crippen molar-refractivity contribution in [1.82, 2.24) is 9.88 Å². The Balaban J connectivity index is 1.67. The maximum absolute atomic E-state index is 12.4. The number of amides is 2. The zero-order valence-electron chi connectivity index (χ0n) is 15.6. The van der Waals surface area contributed by atoms with Crippen LogP contribution in [0.4, 0.5) is 11.4 Å². The van der Waals surface area contributed by atoms with Gasteiger partial charge in [-0.05, 0) is 37.1 Å². The van der Waals surface area contributed by atoms with Gasteiger partial charge in [0, 0.05) is 18.7 Å². The molecule has 0 radical (unpaired) electrons. The second kappa shape index (κ2) is 8.66. The van der Waals surface area contributed by atoms with E-state index in [2.05, 4.69) is 10.3 Å². The number of nitrogens with zero attached hydrogens (tertiary/aromatic N) is 2. The van der Waals surface area contributed by atoms with Crippen molar-refractivity contribution >= 4 is 23.2 Å². The van der Waals surface area contributed by atoms with Gasteiger partial charge >= 0.3 is 0 Å². The average molecular weight is 366 g/mol. The Morgan fingerprint density at radius 1 is 1.19 bits per heavy atom. The number of nitrogen functional groups attached to an aromatic ring is 1. The number of hydrogen-bond acceptors (Lipinski definition) is 4. The van der Waals surface area contributed by atoms with Crippen LogP contribution in [0.2, 0.25) is 0 Å². The summed E-state index contributed by atoms with van der Waals surface area (Å²) < 4.78 is 0. The van der Waals surface area contributed by atoms with Crippen LogP contribution in [0.1, 0.15) is 55.1 Å². The topological polar surface area (TPSA) is 88.3 Å². The van der Waals surface area contributed by atoms with E-state index >= 15 is 0 Å². The van der Waals surface area contributed by atoms with Crippen molar-refractivity contribution in [2.45, 2.75) is 51.6 Å². The fraction of sp³-hybridized carbons (Fsp3) is 0.381. The van der Waals surface area contributed by atoms with Gasteiger partial charge in [-0.3, -0.25) is 14.6 Å². The molecule has 27 heavy (non-hydrogen) atoms. The van der Waals surface area contributed by atoms with Gasteiger partial charge in [-0.1, -0.05) is 31.9 Å². The van der Waals surface area contributed by atoms with Gasteiger partial charge < -0.3 is 16.0 Å². The van der Waals surface area contributed by atoms with Gasteiger partial charge in [0.2, 0.25) is 5.91 Å². The van der Waals surface area contributed by atoms with Gasteiger partial charge in [-0.25, -0.2) is 0 Å². The van der Waals surface area contributed by atoms with Crippen molar-refractivity contribution in [3.8, 4) is 0 Å². The van der Waals surface area contributed by atoms with E-state index in [-0.39, 0.29) is 11.8 Å². The molecule has 1 aromatic heterocycles. The molecule has 1 saturated carbocycles. The predicted octanol–water partition coefficient (Wildman–Crippen LogP) is 3.60. The van der Waals surface area contributed by atoms with Gasteiger partial charge in [0.25, 0.3) is 5.91 Å². The third-order valence-electron chi connectivity index (χ3n) is 5.02. The fourth-order valence-corrected chi connectivity index (χ4v) is 3.47. The van der Waals surface area contributed by atoms with E-state index in [0.717, 1.165) is 18.5 Å². The molecule has 2 amide bonds. The third kappa shape index (κ3) is 4.64. The van der Waals surface area contributed by atoms with Crippen LogP contribution in [0.25, 0.3) is 0 Å². The number of nitrogens with two attached hydrogens (primary N) is 1. The zero-order valence-corrected chi connectivity index (χ0v) is 15.6. The molecule has 6 heteroatoms. The zero-order chi connectivity index (χ0) is 19.2. The van der Waals surface area contributed by atoms with Crippen LogP contribution in [0.5, 0.6) is 0 Å². The third-order valence-corrected chi connectivity index (χ3v) is 5.02. The second-order valence-corrected chi connectivity index (χ2v) is 6.89. The summed E-state index contributed by atoms with van der Waals surface area (Å²) in [7, 11) is 0. The van der Waals surface area contributed by atoms with E-state index in [1.54, 1.807) is 24.4 Å². The fourth-order valence-electron chi connectivity index (χ4n) is 3.47. The van der Waals surface area contributed by atoms with Gasteiger partial charge in [-0.15, -0.1) is 0 Å². The molecule has 2 aromatic rings. The van der Waals surface area contributed by atoms with Crippen LogP contribution < -0.4 is 11.1 Å². The highest BCUT2D eigenvalue weighted by Crippen LogP contribution is 2.25. The minimum Gasteiger partial charge on any atom is -0.397 e. The molecule has 142 valence electrons. The SMILES string of the molecule is CCC(=O)N(Cc1ccc(C(=O)Nc2ccccc2N)cn1)C1CCCC1. The largest absolute Gasteiger partial charge is 0.397 e. The number of carbonyl (C=O) groups is 2. The maximum Gasteiger partial charge on any atom is 0.257 e. The average Bonchev–Trinajstić information content (AvgIpc) is 3.22. The number of nitrogens with one attached hydrogen (secondary N) is 1. The quantitative estimate of drug-likeness (QED) is 0.765. The number of rotatable bonds is 6. The molecule has 1 aromatic carbocycles. The summed E-state index contributed by atoms with van der Waals surface area (Å²) in [4.78, 5) is 31.1. The van der Waals surface area contributed by atoms with Crippen molar-refractivity contribution in [2.75, 3.05) is 11.1 Å². The van der Waals surface area contributed by atoms with Gasteiger partial charge in [0.05, 0.1) is 29.2 Å². The molecular formula is C21H26N4O2. The number of aromatic nitrogens is 1. The smallest absolute Gasteiger partial charge is 0.257 e. The standard InChI is InChI=1S/C21H26N4O2/c1-2-20(26)25(17-7-3-4-8-17)14-16-12-11-15(13-23-16)21(27)24-19-10-6-5-9-18(19)22/h5-6,9-13,17H,2-4,7-8,14,22H2,1H3,(H,24,27). The van der Waals surface area contributed by atoms with E-state index in [4.69, 9.17) is 5.73 Å². The first-order valence-electron chi connectivity index (χ1n) is 9.48. The molecule has 1 aliphatic rings. The van der Waals surface area contributed by atoms with Gasteiger partial charge in [-0.2, -0.15) is 0 Å². The Bertz CT molecular complexity index is 798. The predicted molar refractivity (Wildman–Crippen MR) is 106 cm³/mol. The molecule has 3 rings (SSSR count). The number of para-hydroxylation sites is 2. The first-order chi connectivity index (χ1) is 13.1. The molecule has 1 fully saturated rings. The highest BCUT2D eigenvalue weighted by molar-refractivity contribution is 6.05. The summed E-state index contributed by atoms with van der Waals surface area (Å²) in [5.41, 5.74) is 8.20. The summed E-state index contributed by atoms with van der Waals surface area (Å²) >= 11 is 0. The van der Waals surface area contributed by atoms with Gasteiger partial charge in [0.1, 0.15) is 0 Å². The van der Waals surface area contributed by atoms with Gasteiger partial charge in [0.15, 0.2) is 0 Å². The van der Waals surface area contributed by atoms with Crippen molar-refractivity contribution in [3.63, 3.8) is 0 Å². The molecule has 0 aliphatic heterocycles. The van der Waals surface area contributed by atoms with E-state index < -0.39 is 0 Å². The van der Waals surface area contributed by atoms with Crippen molar-refractivity contribution in [1.29, 1.82) is 0 Å². The molecule has 0 unspecified atom stereocenters. The van der Waals surface area contributed by atoms with Crippen LogP contribution in [0.3, 0.4) is 0 Å². The number of benzene rings is 1. The summed E-state index contributed by atoms with van der Waals surface area (Å²) in [5, 5.41) is 2.79. The van der Waals surface area contributed by atoms with Crippen molar-refractivity contribution < 1.29 is 9.59 Å². The minimum atomic E-state index is -0.260. The molecule has 6 nitrogen and oxygen atoms in total. The Labute approximate surface area is 159 Å². The van der Waals surface area contributed by atoms with E-state index in [9.17, 15) is 9.59 Å². The summed E-state index contributed by atoms with van der Waals surface area (Å²) in [6.45, 7) is 2.38. The maximum atomic E-state index is 12.4. The molecular weight excluding hydrogens is 340 g/mol. The number of carbonyl (C=O) groups excluding carboxylic acids is 2. The Kier molecular flexibility index (Phi) is 6.06. The normalized spacial score (nSPS) is 14.1. The van der Waals surface area contributed by atoms with E-state index in [1.165, 1.54) is 12.8 Å². The molecule has 1 heterocycles. The first-order valence-corrected chi connectivity index (χ1v) is 9.48. The molecule has 3 N–H and O–H groups in total.